The van der Waals surface area contributed by atoms with Crippen LogP contribution in [0.3, 0.4) is 0 Å². The first-order valence-corrected chi connectivity index (χ1v) is 10.5. The Morgan fingerprint density at radius 2 is 2.16 bits per heavy atom. The summed E-state index contributed by atoms with van der Waals surface area (Å²) in [6, 6.07) is 7.16. The summed E-state index contributed by atoms with van der Waals surface area (Å²) in [5.41, 5.74) is 3.71. The van der Waals surface area contributed by atoms with Gasteiger partial charge in [-0.25, -0.2) is 9.97 Å². The number of nitrogens with zero attached hydrogens (tertiary/aromatic N) is 4. The molecule has 1 aliphatic heterocycles. The second-order valence-corrected chi connectivity index (χ2v) is 8.40. The minimum absolute atomic E-state index is 0.175. The van der Waals surface area contributed by atoms with Gasteiger partial charge >= 0.3 is 0 Å². The third-order valence-corrected chi connectivity index (χ3v) is 6.00. The van der Waals surface area contributed by atoms with E-state index in [0.717, 1.165) is 16.9 Å². The van der Waals surface area contributed by atoms with E-state index in [4.69, 9.17) is 11.6 Å². The largest absolute Gasteiger partial charge is 0.390 e. The third kappa shape index (κ3) is 3.69. The monoisotopic (exact) mass is 449 g/mol. The maximum absolute atomic E-state index is 12.7. The number of aliphatic hydroxyl groups is 1. The van der Waals surface area contributed by atoms with Gasteiger partial charge in [0.15, 0.2) is 0 Å². The molecule has 0 aliphatic carbocycles. The van der Waals surface area contributed by atoms with E-state index in [0.29, 0.717) is 52.5 Å². The van der Waals surface area contributed by atoms with Gasteiger partial charge in [0.05, 0.1) is 45.0 Å². The summed E-state index contributed by atoms with van der Waals surface area (Å²) in [7, 11) is 0. The lowest BCUT2D eigenvalue weighted by Gasteiger charge is -2.18. The third-order valence-electron chi connectivity index (χ3n) is 5.68. The number of anilines is 1. The summed E-state index contributed by atoms with van der Waals surface area (Å²) in [6.45, 7) is 3.00. The number of aliphatic hydroxyl groups excluding tert-OH is 1. The van der Waals surface area contributed by atoms with Crippen molar-refractivity contribution in [1.29, 1.82) is 5.26 Å². The molecule has 4 aromatic rings. The summed E-state index contributed by atoms with van der Waals surface area (Å²) in [5, 5.41) is 26.4. The summed E-state index contributed by atoms with van der Waals surface area (Å²) in [5.74, 6) is 0.471. The second-order valence-electron chi connectivity index (χ2n) is 7.99. The molecule has 32 heavy (non-hydrogen) atoms. The highest BCUT2D eigenvalue weighted by Crippen LogP contribution is 2.27. The van der Waals surface area contributed by atoms with Gasteiger partial charge in [-0.3, -0.25) is 4.79 Å². The Kier molecular flexibility index (Phi) is 5.06. The molecule has 1 aromatic carbocycles. The van der Waals surface area contributed by atoms with Crippen molar-refractivity contribution >= 4 is 33.8 Å². The van der Waals surface area contributed by atoms with Crippen LogP contribution in [-0.2, 0) is 6.42 Å². The van der Waals surface area contributed by atoms with Gasteiger partial charge in [-0.15, -0.1) is 0 Å². The van der Waals surface area contributed by atoms with Gasteiger partial charge in [0.2, 0.25) is 0 Å². The standard InChI is InChI=1S/C22H20ClN7O2/c1-11-2-21-26-13(10-30(21)9-12(11)6-24)3-20-28-16-5-17(27-18-7-25-8-19(18)31)15(23)4-14(16)22(32)29-20/h2,4-5,9-10,18-19,25,27,31H,3,7-8H2,1H3,(H,28,29,32)/t18-,19+/m0/s1. The summed E-state index contributed by atoms with van der Waals surface area (Å²) in [6.07, 6.45) is 3.36. The number of halogens is 1. The number of H-pyrrole nitrogens is 1. The molecular formula is C22H20ClN7O2. The number of pyridine rings is 1. The van der Waals surface area contributed by atoms with Crippen LogP contribution < -0.4 is 16.2 Å². The van der Waals surface area contributed by atoms with E-state index >= 15 is 0 Å². The molecule has 3 aromatic heterocycles. The predicted octanol–water partition coefficient (Wildman–Crippen LogP) is 1.74. The Hall–Kier alpha value is -3.45. The Morgan fingerprint density at radius 3 is 2.91 bits per heavy atom. The van der Waals surface area contributed by atoms with Gasteiger partial charge < -0.3 is 25.1 Å². The van der Waals surface area contributed by atoms with Crippen molar-refractivity contribution in [2.45, 2.75) is 25.5 Å². The Morgan fingerprint density at radius 1 is 1.31 bits per heavy atom. The van der Waals surface area contributed by atoms with Crippen molar-refractivity contribution in [3.8, 4) is 6.07 Å². The van der Waals surface area contributed by atoms with E-state index in [1.165, 1.54) is 0 Å². The summed E-state index contributed by atoms with van der Waals surface area (Å²) in [4.78, 5) is 24.7. The number of rotatable bonds is 4. The second kappa shape index (κ2) is 7.91. The quantitative estimate of drug-likeness (QED) is 0.373. The van der Waals surface area contributed by atoms with Crippen LogP contribution in [0.15, 0.2) is 35.4 Å². The zero-order valence-electron chi connectivity index (χ0n) is 17.2. The SMILES string of the molecule is Cc1cc2nc(Cc3nc4cc(N[C@H]5CNC[C@H]5O)c(Cl)cc4c(=O)[nH]3)cn2cc1C#N. The van der Waals surface area contributed by atoms with Gasteiger partial charge in [0.25, 0.3) is 5.56 Å². The molecule has 5 rings (SSSR count). The first-order valence-electron chi connectivity index (χ1n) is 10.2. The van der Waals surface area contributed by atoms with Crippen LogP contribution in [0.2, 0.25) is 5.02 Å². The zero-order chi connectivity index (χ0) is 22.4. The van der Waals surface area contributed by atoms with Gasteiger partial charge in [-0.2, -0.15) is 5.26 Å². The van der Waals surface area contributed by atoms with Crippen LogP contribution in [-0.4, -0.2) is 49.7 Å². The highest BCUT2D eigenvalue weighted by Gasteiger charge is 2.25. The topological polar surface area (TPSA) is 131 Å². The van der Waals surface area contributed by atoms with E-state index in [2.05, 4.69) is 31.7 Å². The molecule has 0 bridgehead atoms. The first kappa shape index (κ1) is 20.5. The lowest BCUT2D eigenvalue weighted by molar-refractivity contribution is 0.185. The van der Waals surface area contributed by atoms with Crippen LogP contribution in [0, 0.1) is 18.3 Å². The van der Waals surface area contributed by atoms with Gasteiger partial charge in [0, 0.05) is 31.9 Å². The Bertz CT molecular complexity index is 1450. The maximum atomic E-state index is 12.7. The molecule has 0 unspecified atom stereocenters. The van der Waals surface area contributed by atoms with E-state index in [1.54, 1.807) is 22.7 Å². The number of hydrogen-bond donors (Lipinski definition) is 4. The molecule has 9 nitrogen and oxygen atoms in total. The molecule has 4 heterocycles. The number of imidazole rings is 1. The number of aromatic amines is 1. The minimum atomic E-state index is -0.523. The number of fused-ring (bicyclic) bond motifs is 2. The van der Waals surface area contributed by atoms with E-state index in [9.17, 15) is 15.2 Å². The van der Waals surface area contributed by atoms with Crippen molar-refractivity contribution in [2.75, 3.05) is 18.4 Å². The smallest absolute Gasteiger partial charge is 0.258 e. The first-order chi connectivity index (χ1) is 15.4. The molecule has 0 spiro atoms. The van der Waals surface area contributed by atoms with Gasteiger partial charge in [-0.1, -0.05) is 11.6 Å². The average molecular weight is 450 g/mol. The fourth-order valence-corrected chi connectivity index (χ4v) is 4.19. The minimum Gasteiger partial charge on any atom is -0.390 e. The number of nitriles is 1. The van der Waals surface area contributed by atoms with Crippen LogP contribution in [0.4, 0.5) is 5.69 Å². The van der Waals surface area contributed by atoms with Crippen molar-refractivity contribution in [2.24, 2.45) is 0 Å². The Labute approximate surface area is 187 Å². The van der Waals surface area contributed by atoms with E-state index < -0.39 is 6.10 Å². The van der Waals surface area contributed by atoms with Gasteiger partial charge in [-0.05, 0) is 30.7 Å². The van der Waals surface area contributed by atoms with Crippen molar-refractivity contribution in [3.05, 3.63) is 68.6 Å². The molecule has 10 heteroatoms. The molecule has 0 amide bonds. The normalized spacial score (nSPS) is 18.3. The van der Waals surface area contributed by atoms with Crippen LogP contribution in [0.5, 0.6) is 0 Å². The number of β-amino-alcohol motifs (C(OH)–C–C–N with tert-alkyl or cyclic N) is 1. The molecule has 1 saturated heterocycles. The van der Waals surface area contributed by atoms with Gasteiger partial charge in [0.1, 0.15) is 17.5 Å². The average Bonchev–Trinajstić information content (AvgIpc) is 3.33. The highest BCUT2D eigenvalue weighted by atomic mass is 35.5. The molecule has 1 fully saturated rings. The summed E-state index contributed by atoms with van der Waals surface area (Å²) >= 11 is 6.37. The van der Waals surface area contributed by atoms with E-state index in [1.807, 2.05) is 19.2 Å². The molecule has 2 atom stereocenters. The highest BCUT2D eigenvalue weighted by molar-refractivity contribution is 6.34. The zero-order valence-corrected chi connectivity index (χ0v) is 17.9. The lowest BCUT2D eigenvalue weighted by atomic mass is 10.1. The van der Waals surface area contributed by atoms with Crippen LogP contribution >= 0.6 is 11.6 Å². The molecule has 162 valence electrons. The molecular weight excluding hydrogens is 430 g/mol. The number of aromatic nitrogens is 4. The van der Waals surface area contributed by atoms with Crippen LogP contribution in [0.1, 0.15) is 22.6 Å². The number of benzene rings is 1. The molecule has 1 aliphatic rings. The maximum Gasteiger partial charge on any atom is 0.258 e. The number of aryl methyl sites for hydroxylation is 1. The lowest BCUT2D eigenvalue weighted by Crippen LogP contribution is -2.32. The number of hydrogen-bond acceptors (Lipinski definition) is 7. The number of nitrogens with one attached hydrogen (secondary N) is 3. The molecule has 4 N–H and O–H groups in total. The van der Waals surface area contributed by atoms with Crippen molar-refractivity contribution in [3.63, 3.8) is 0 Å². The summed E-state index contributed by atoms with van der Waals surface area (Å²) < 4.78 is 1.79. The molecule has 0 saturated carbocycles. The van der Waals surface area contributed by atoms with E-state index in [-0.39, 0.29) is 11.6 Å². The predicted molar refractivity (Wildman–Crippen MR) is 121 cm³/mol. The van der Waals surface area contributed by atoms with Crippen molar-refractivity contribution < 1.29 is 5.11 Å². The molecule has 0 radical (unpaired) electrons. The Balaban J connectivity index is 1.49. The fraction of sp³-hybridized carbons (Fsp3) is 0.273. The van der Waals surface area contributed by atoms with Crippen molar-refractivity contribution in [1.82, 2.24) is 24.7 Å². The fourth-order valence-electron chi connectivity index (χ4n) is 3.97. The van der Waals surface area contributed by atoms with Crippen LogP contribution in [0.25, 0.3) is 16.6 Å².